The molecule has 0 aliphatic carbocycles. The van der Waals surface area contributed by atoms with Gasteiger partial charge in [0.05, 0.1) is 16.8 Å². The summed E-state index contributed by atoms with van der Waals surface area (Å²) in [6.45, 7) is 0.840. The number of nitrogens with one attached hydrogen (secondary N) is 1. The number of rotatable bonds is 8. The van der Waals surface area contributed by atoms with Gasteiger partial charge in [0.15, 0.2) is 11.6 Å². The zero-order valence-electron chi connectivity index (χ0n) is 17.5. The lowest BCUT2D eigenvalue weighted by Crippen LogP contribution is -2.28. The Morgan fingerprint density at radius 3 is 2.61 bits per heavy atom. The first-order valence-corrected chi connectivity index (χ1v) is 11.7. The monoisotopic (exact) mass is 472 g/mol. The highest BCUT2D eigenvalue weighted by molar-refractivity contribution is 7.89. The van der Waals surface area contributed by atoms with Gasteiger partial charge in [0.25, 0.3) is 5.69 Å². The van der Waals surface area contributed by atoms with Crippen LogP contribution < -0.4 is 10.1 Å². The van der Waals surface area contributed by atoms with Gasteiger partial charge in [0.1, 0.15) is 10.6 Å². The molecule has 2 aromatic carbocycles. The van der Waals surface area contributed by atoms with E-state index < -0.39 is 20.8 Å². The third-order valence-corrected chi connectivity index (χ3v) is 7.14. The van der Waals surface area contributed by atoms with Crippen LogP contribution in [0.15, 0.2) is 65.8 Å². The number of aromatic nitrogens is 1. The summed E-state index contributed by atoms with van der Waals surface area (Å²) in [5.74, 6) is -0.170. The number of anilines is 1. The van der Waals surface area contributed by atoms with Crippen LogP contribution in [0.1, 0.15) is 18.4 Å². The molecule has 0 amide bonds. The van der Waals surface area contributed by atoms with Crippen molar-refractivity contribution >= 4 is 21.4 Å². The van der Waals surface area contributed by atoms with Gasteiger partial charge in [0, 0.05) is 38.0 Å². The van der Waals surface area contributed by atoms with Crippen molar-refractivity contribution in [1.82, 2.24) is 9.29 Å². The van der Waals surface area contributed by atoms with E-state index in [0.717, 1.165) is 18.9 Å². The van der Waals surface area contributed by atoms with E-state index in [0.29, 0.717) is 24.4 Å². The molecule has 0 spiro atoms. The molecule has 4 rings (SSSR count). The maximum atomic E-state index is 14.5. The Kier molecular flexibility index (Phi) is 6.52. The number of halogens is 1. The van der Waals surface area contributed by atoms with Crippen LogP contribution in [0.4, 0.5) is 15.8 Å². The molecule has 0 atom stereocenters. The standard InChI is InChI=1S/C22H21FN4O5S/c23-19-12-16(5-8-21(19)32-18-4-3-9-24-15-18)14-25-20-7-6-17(27(28)29)13-22(20)33(30,31)26-10-1-2-11-26/h3-9,12-13,15,25H,1-2,10-11,14H2. The largest absolute Gasteiger partial charge is 0.453 e. The molecule has 0 bridgehead atoms. The fourth-order valence-corrected chi connectivity index (χ4v) is 5.23. The smallest absolute Gasteiger partial charge is 0.270 e. The molecule has 1 aliphatic heterocycles. The van der Waals surface area contributed by atoms with Gasteiger partial charge in [-0.25, -0.2) is 12.8 Å². The van der Waals surface area contributed by atoms with Gasteiger partial charge in [-0.3, -0.25) is 15.1 Å². The van der Waals surface area contributed by atoms with Crippen LogP contribution in [0.3, 0.4) is 0 Å². The second kappa shape index (κ2) is 9.51. The van der Waals surface area contributed by atoms with Crippen LogP contribution in [-0.2, 0) is 16.6 Å². The number of nitrogens with zero attached hydrogens (tertiary/aromatic N) is 3. The van der Waals surface area contributed by atoms with Crippen molar-refractivity contribution in [1.29, 1.82) is 0 Å². The molecular weight excluding hydrogens is 451 g/mol. The summed E-state index contributed by atoms with van der Waals surface area (Å²) >= 11 is 0. The summed E-state index contributed by atoms with van der Waals surface area (Å²) in [7, 11) is -3.91. The van der Waals surface area contributed by atoms with Crippen LogP contribution in [0.2, 0.25) is 0 Å². The number of hydrogen-bond acceptors (Lipinski definition) is 7. The van der Waals surface area contributed by atoms with Crippen LogP contribution in [0.25, 0.3) is 0 Å². The molecule has 1 N–H and O–H groups in total. The van der Waals surface area contributed by atoms with E-state index in [9.17, 15) is 22.9 Å². The van der Waals surface area contributed by atoms with E-state index in [-0.39, 0.29) is 28.6 Å². The molecule has 3 aromatic rings. The maximum absolute atomic E-state index is 14.5. The Morgan fingerprint density at radius 1 is 1.15 bits per heavy atom. The Balaban J connectivity index is 1.55. The molecule has 9 nitrogen and oxygen atoms in total. The zero-order valence-corrected chi connectivity index (χ0v) is 18.3. The van der Waals surface area contributed by atoms with Crippen LogP contribution in [0.5, 0.6) is 11.5 Å². The van der Waals surface area contributed by atoms with E-state index in [4.69, 9.17) is 4.74 Å². The second-order valence-electron chi connectivity index (χ2n) is 7.46. The number of non-ortho nitro benzene ring substituents is 1. The zero-order chi connectivity index (χ0) is 23.4. The fraction of sp³-hybridized carbons (Fsp3) is 0.227. The molecule has 11 heteroatoms. The van der Waals surface area contributed by atoms with Crippen molar-refractivity contribution in [2.75, 3.05) is 18.4 Å². The van der Waals surface area contributed by atoms with Gasteiger partial charge in [-0.1, -0.05) is 6.07 Å². The lowest BCUT2D eigenvalue weighted by atomic mass is 10.2. The lowest BCUT2D eigenvalue weighted by Gasteiger charge is -2.19. The predicted octanol–water partition coefficient (Wildman–Crippen LogP) is 4.32. The minimum atomic E-state index is -3.91. The number of nitro groups is 1. The second-order valence-corrected chi connectivity index (χ2v) is 9.36. The molecule has 0 radical (unpaired) electrons. The van der Waals surface area contributed by atoms with Crippen molar-refractivity contribution in [3.63, 3.8) is 0 Å². The molecule has 1 fully saturated rings. The SMILES string of the molecule is O=[N+]([O-])c1ccc(NCc2ccc(Oc3cccnc3)c(F)c2)c(S(=O)(=O)N2CCCC2)c1. The van der Waals surface area contributed by atoms with Gasteiger partial charge >= 0.3 is 0 Å². The molecular formula is C22H21FN4O5S. The van der Waals surface area contributed by atoms with E-state index in [2.05, 4.69) is 10.3 Å². The average Bonchev–Trinajstić information content (AvgIpc) is 3.36. The highest BCUT2D eigenvalue weighted by Gasteiger charge is 2.31. The number of ether oxygens (including phenoxy) is 1. The van der Waals surface area contributed by atoms with E-state index in [1.54, 1.807) is 24.4 Å². The fourth-order valence-electron chi connectivity index (χ4n) is 3.52. The Hall–Kier alpha value is -3.57. The summed E-state index contributed by atoms with van der Waals surface area (Å²) in [6.07, 6.45) is 4.52. The number of sulfonamides is 1. The number of pyridine rings is 1. The summed E-state index contributed by atoms with van der Waals surface area (Å²) in [5.41, 5.74) is 0.429. The first kappa shape index (κ1) is 22.6. The highest BCUT2D eigenvalue weighted by Crippen LogP contribution is 2.31. The van der Waals surface area contributed by atoms with E-state index in [1.807, 2.05) is 0 Å². The molecule has 1 saturated heterocycles. The van der Waals surface area contributed by atoms with Crippen molar-refractivity contribution in [2.45, 2.75) is 24.3 Å². The van der Waals surface area contributed by atoms with Gasteiger partial charge in [-0.2, -0.15) is 4.31 Å². The van der Waals surface area contributed by atoms with Crippen LogP contribution in [-0.4, -0.2) is 35.7 Å². The van der Waals surface area contributed by atoms with Crippen molar-refractivity contribution in [3.8, 4) is 11.5 Å². The molecule has 172 valence electrons. The van der Waals surface area contributed by atoms with Gasteiger partial charge < -0.3 is 10.1 Å². The van der Waals surface area contributed by atoms with E-state index >= 15 is 0 Å². The van der Waals surface area contributed by atoms with Crippen molar-refractivity contribution < 1.29 is 22.5 Å². The Morgan fingerprint density at radius 2 is 1.94 bits per heavy atom. The summed E-state index contributed by atoms with van der Waals surface area (Å²) in [4.78, 5) is 14.3. The normalized spacial score (nSPS) is 14.2. The third-order valence-electron chi connectivity index (χ3n) is 5.20. The molecule has 2 heterocycles. The quantitative estimate of drug-likeness (QED) is 0.384. The molecule has 1 aromatic heterocycles. The van der Waals surface area contributed by atoms with Crippen molar-refractivity contribution in [2.24, 2.45) is 0 Å². The number of nitro benzene ring substituents is 1. The van der Waals surface area contributed by atoms with Crippen molar-refractivity contribution in [3.05, 3.63) is 82.4 Å². The summed E-state index contributed by atoms with van der Waals surface area (Å²) < 4.78 is 47.5. The minimum Gasteiger partial charge on any atom is -0.453 e. The maximum Gasteiger partial charge on any atom is 0.270 e. The highest BCUT2D eigenvalue weighted by atomic mass is 32.2. The predicted molar refractivity (Wildman–Crippen MR) is 119 cm³/mol. The average molecular weight is 472 g/mol. The van der Waals surface area contributed by atoms with Crippen LogP contribution >= 0.6 is 0 Å². The Labute approximate surface area is 190 Å². The lowest BCUT2D eigenvalue weighted by molar-refractivity contribution is -0.385. The molecule has 33 heavy (non-hydrogen) atoms. The van der Waals surface area contributed by atoms with E-state index in [1.165, 1.54) is 34.8 Å². The summed E-state index contributed by atoms with van der Waals surface area (Å²) in [6, 6.07) is 11.4. The first-order chi connectivity index (χ1) is 15.8. The Bertz CT molecular complexity index is 1270. The third kappa shape index (κ3) is 5.10. The molecule has 0 saturated carbocycles. The minimum absolute atomic E-state index is 0.0272. The van der Waals surface area contributed by atoms with Gasteiger partial charge in [0.2, 0.25) is 10.0 Å². The molecule has 1 aliphatic rings. The summed E-state index contributed by atoms with van der Waals surface area (Å²) in [5, 5.41) is 14.2. The first-order valence-electron chi connectivity index (χ1n) is 10.2. The van der Waals surface area contributed by atoms with Gasteiger partial charge in [-0.05, 0) is 48.7 Å². The number of benzene rings is 2. The van der Waals surface area contributed by atoms with Gasteiger partial charge in [-0.15, -0.1) is 0 Å². The molecule has 0 unspecified atom stereocenters. The van der Waals surface area contributed by atoms with Crippen LogP contribution in [0, 0.1) is 15.9 Å². The number of hydrogen-bond donors (Lipinski definition) is 1. The topological polar surface area (TPSA) is 115 Å².